The Morgan fingerprint density at radius 1 is 1.04 bits per heavy atom. The van der Waals surface area contributed by atoms with Gasteiger partial charge in [0.05, 0.1) is 11.3 Å². The summed E-state index contributed by atoms with van der Waals surface area (Å²) in [6.07, 6.45) is -4.78. The summed E-state index contributed by atoms with van der Waals surface area (Å²) in [4.78, 5) is 16.3. The molecule has 0 unspecified atom stereocenters. The van der Waals surface area contributed by atoms with E-state index in [2.05, 4.69) is 4.98 Å². The van der Waals surface area contributed by atoms with E-state index in [9.17, 15) is 23.2 Å². The zero-order chi connectivity index (χ0) is 20.1. The van der Waals surface area contributed by atoms with Gasteiger partial charge in [-0.15, -0.1) is 0 Å². The third kappa shape index (κ3) is 4.18. The molecule has 0 saturated carbocycles. The summed E-state index contributed by atoms with van der Waals surface area (Å²) < 4.78 is 45.7. The number of alkyl halides is 3. The summed E-state index contributed by atoms with van der Waals surface area (Å²) in [5.41, 5.74) is -1.15. The highest BCUT2D eigenvalue weighted by Gasteiger charge is 2.36. The molecule has 7 heteroatoms. The number of ether oxygens (including phenoxy) is 1. The Hall–Kier alpha value is -3.66. The van der Waals surface area contributed by atoms with Crippen LogP contribution in [-0.4, -0.2) is 17.4 Å². The first kappa shape index (κ1) is 19.1. The molecule has 0 amide bonds. The molecule has 0 aliphatic heterocycles. The number of ketones is 1. The number of nitrogens with zero attached hydrogens (tertiary/aromatic N) is 2. The highest BCUT2D eigenvalue weighted by Crippen LogP contribution is 2.37. The van der Waals surface area contributed by atoms with Crippen LogP contribution in [0.15, 0.2) is 66.7 Å². The Labute approximate surface area is 158 Å². The number of pyridine rings is 1. The second-order valence-corrected chi connectivity index (χ2v) is 5.79. The number of halogens is 3. The van der Waals surface area contributed by atoms with E-state index >= 15 is 0 Å². The standard InChI is InChI=1S/C21H13F3N2O2/c22-21(23,24)17-11-18(14-7-3-1-4-8-14)26-20(16(17)12-25)28-13-19(27)15-9-5-2-6-10-15/h1-11H,13H2. The van der Waals surface area contributed by atoms with Crippen molar-refractivity contribution in [3.8, 4) is 23.2 Å². The van der Waals surface area contributed by atoms with Gasteiger partial charge in [-0.1, -0.05) is 60.7 Å². The molecule has 0 saturated heterocycles. The van der Waals surface area contributed by atoms with Crippen LogP contribution in [0.2, 0.25) is 0 Å². The summed E-state index contributed by atoms with van der Waals surface area (Å²) in [5.74, 6) is -0.967. The lowest BCUT2D eigenvalue weighted by Crippen LogP contribution is -2.16. The fourth-order valence-corrected chi connectivity index (χ4v) is 2.56. The molecule has 0 aliphatic carbocycles. The maximum absolute atomic E-state index is 13.5. The molecule has 0 aliphatic rings. The minimum absolute atomic E-state index is 0.00548. The normalized spacial score (nSPS) is 10.9. The molecule has 140 valence electrons. The van der Waals surface area contributed by atoms with Crippen molar-refractivity contribution in [2.45, 2.75) is 6.18 Å². The first-order valence-corrected chi connectivity index (χ1v) is 8.19. The molecule has 0 atom stereocenters. The Morgan fingerprint density at radius 2 is 1.64 bits per heavy atom. The average Bonchev–Trinajstić information content (AvgIpc) is 2.71. The monoisotopic (exact) mass is 382 g/mol. The van der Waals surface area contributed by atoms with E-state index < -0.39 is 35.6 Å². The van der Waals surface area contributed by atoms with Gasteiger partial charge in [-0.2, -0.15) is 18.4 Å². The Balaban J connectivity index is 2.01. The zero-order valence-electron chi connectivity index (χ0n) is 14.4. The van der Waals surface area contributed by atoms with Crippen molar-refractivity contribution in [2.75, 3.05) is 6.61 Å². The smallest absolute Gasteiger partial charge is 0.417 e. The van der Waals surface area contributed by atoms with Crippen molar-refractivity contribution in [3.63, 3.8) is 0 Å². The fraction of sp³-hybridized carbons (Fsp3) is 0.0952. The third-order valence-electron chi connectivity index (χ3n) is 3.91. The molecule has 0 fully saturated rings. The van der Waals surface area contributed by atoms with Crippen molar-refractivity contribution in [3.05, 3.63) is 83.4 Å². The molecule has 1 aromatic heterocycles. The number of carbonyl (C=O) groups is 1. The topological polar surface area (TPSA) is 63.0 Å². The van der Waals surface area contributed by atoms with E-state index in [1.807, 2.05) is 0 Å². The Bertz CT molecular complexity index is 1030. The van der Waals surface area contributed by atoms with Crippen molar-refractivity contribution >= 4 is 5.78 Å². The summed E-state index contributed by atoms with van der Waals surface area (Å²) in [6.45, 7) is -0.540. The second-order valence-electron chi connectivity index (χ2n) is 5.79. The van der Waals surface area contributed by atoms with Crippen molar-refractivity contribution < 1.29 is 22.7 Å². The minimum atomic E-state index is -4.78. The van der Waals surface area contributed by atoms with Gasteiger partial charge in [0.2, 0.25) is 5.88 Å². The van der Waals surface area contributed by atoms with Crippen LogP contribution >= 0.6 is 0 Å². The molecule has 2 aromatic carbocycles. The van der Waals surface area contributed by atoms with Gasteiger partial charge in [-0.05, 0) is 6.07 Å². The summed E-state index contributed by atoms with van der Waals surface area (Å²) >= 11 is 0. The van der Waals surface area contributed by atoms with Crippen LogP contribution in [0.25, 0.3) is 11.3 Å². The summed E-state index contributed by atoms with van der Waals surface area (Å²) in [7, 11) is 0. The van der Waals surface area contributed by atoms with Gasteiger partial charge < -0.3 is 4.74 Å². The van der Waals surface area contributed by atoms with Crippen LogP contribution in [0.4, 0.5) is 13.2 Å². The van der Waals surface area contributed by atoms with Crippen LogP contribution in [0.1, 0.15) is 21.5 Å². The molecule has 0 N–H and O–H groups in total. The number of carbonyl (C=O) groups excluding carboxylic acids is 1. The van der Waals surface area contributed by atoms with Gasteiger partial charge in [-0.25, -0.2) is 4.98 Å². The van der Waals surface area contributed by atoms with Crippen LogP contribution < -0.4 is 4.74 Å². The number of Topliss-reactive ketones (excluding diaryl/α,β-unsaturated/α-hetero) is 1. The first-order chi connectivity index (χ1) is 13.4. The average molecular weight is 382 g/mol. The van der Waals surface area contributed by atoms with Gasteiger partial charge in [-0.3, -0.25) is 4.79 Å². The van der Waals surface area contributed by atoms with Gasteiger partial charge in [0.25, 0.3) is 0 Å². The molecular formula is C21H13F3N2O2. The largest absolute Gasteiger partial charge is 0.468 e. The predicted octanol–water partition coefficient (Wildman–Crippen LogP) is 4.90. The van der Waals surface area contributed by atoms with Crippen molar-refractivity contribution in [1.82, 2.24) is 4.98 Å². The lowest BCUT2D eigenvalue weighted by atomic mass is 10.0. The maximum atomic E-state index is 13.5. The third-order valence-corrected chi connectivity index (χ3v) is 3.91. The molecule has 3 rings (SSSR count). The molecule has 1 heterocycles. The maximum Gasteiger partial charge on any atom is 0.417 e. The number of hydrogen-bond acceptors (Lipinski definition) is 4. The zero-order valence-corrected chi connectivity index (χ0v) is 14.4. The number of aromatic nitrogens is 1. The number of benzene rings is 2. The highest BCUT2D eigenvalue weighted by molar-refractivity contribution is 5.97. The van der Waals surface area contributed by atoms with E-state index in [1.165, 1.54) is 6.07 Å². The molecule has 0 bridgehead atoms. The molecular weight excluding hydrogens is 369 g/mol. The molecule has 28 heavy (non-hydrogen) atoms. The Kier molecular flexibility index (Phi) is 5.41. The molecule has 0 radical (unpaired) electrons. The van der Waals surface area contributed by atoms with Gasteiger partial charge >= 0.3 is 6.18 Å². The van der Waals surface area contributed by atoms with Gasteiger partial charge in [0, 0.05) is 11.1 Å². The lowest BCUT2D eigenvalue weighted by molar-refractivity contribution is -0.137. The Morgan fingerprint density at radius 3 is 2.21 bits per heavy atom. The first-order valence-electron chi connectivity index (χ1n) is 8.19. The van der Waals surface area contributed by atoms with E-state index in [0.717, 1.165) is 6.07 Å². The SMILES string of the molecule is N#Cc1c(C(F)(F)F)cc(-c2ccccc2)nc1OCC(=O)c1ccccc1. The van der Waals surface area contributed by atoms with Crippen LogP contribution in [-0.2, 0) is 6.18 Å². The van der Waals surface area contributed by atoms with E-state index in [1.54, 1.807) is 60.7 Å². The number of nitriles is 1. The summed E-state index contributed by atoms with van der Waals surface area (Å²) in [6, 6.07) is 18.7. The number of rotatable bonds is 5. The fourth-order valence-electron chi connectivity index (χ4n) is 2.56. The number of hydrogen-bond donors (Lipinski definition) is 0. The van der Waals surface area contributed by atoms with E-state index in [4.69, 9.17) is 4.74 Å². The van der Waals surface area contributed by atoms with Crippen LogP contribution in [0.5, 0.6) is 5.88 Å². The van der Waals surface area contributed by atoms with E-state index in [0.29, 0.717) is 11.1 Å². The van der Waals surface area contributed by atoms with E-state index in [-0.39, 0.29) is 5.69 Å². The van der Waals surface area contributed by atoms with Gasteiger partial charge in [0.1, 0.15) is 11.6 Å². The van der Waals surface area contributed by atoms with Crippen LogP contribution in [0, 0.1) is 11.3 Å². The highest BCUT2D eigenvalue weighted by atomic mass is 19.4. The minimum Gasteiger partial charge on any atom is -0.468 e. The van der Waals surface area contributed by atoms with Crippen LogP contribution in [0.3, 0.4) is 0 Å². The second kappa shape index (κ2) is 7.92. The quantitative estimate of drug-likeness (QED) is 0.589. The molecule has 0 spiro atoms. The summed E-state index contributed by atoms with van der Waals surface area (Å²) in [5, 5.41) is 9.25. The van der Waals surface area contributed by atoms with Crippen molar-refractivity contribution in [1.29, 1.82) is 5.26 Å². The van der Waals surface area contributed by atoms with Gasteiger partial charge in [0.15, 0.2) is 12.4 Å². The molecule has 3 aromatic rings. The predicted molar refractivity (Wildman–Crippen MR) is 95.7 cm³/mol. The van der Waals surface area contributed by atoms with Crippen molar-refractivity contribution in [2.24, 2.45) is 0 Å². The lowest BCUT2D eigenvalue weighted by Gasteiger charge is -2.14. The molecule has 4 nitrogen and oxygen atoms in total.